The van der Waals surface area contributed by atoms with Crippen LogP contribution < -0.4 is 4.74 Å². The fourth-order valence-electron chi connectivity index (χ4n) is 3.14. The molecule has 0 aliphatic carbocycles. The summed E-state index contributed by atoms with van der Waals surface area (Å²) in [6, 6.07) is 11.3. The minimum Gasteiger partial charge on any atom is -0.497 e. The number of benzene rings is 1. The highest BCUT2D eigenvalue weighted by Gasteiger charge is 2.28. The number of nitrogens with zero attached hydrogens (tertiary/aromatic N) is 3. The molecule has 7 heteroatoms. The molecule has 3 heterocycles. The summed E-state index contributed by atoms with van der Waals surface area (Å²) in [4.78, 5) is 15.1. The van der Waals surface area contributed by atoms with E-state index in [0.717, 1.165) is 29.0 Å². The van der Waals surface area contributed by atoms with Crippen LogP contribution in [0.1, 0.15) is 34.3 Å². The Labute approximate surface area is 155 Å². The zero-order valence-electron chi connectivity index (χ0n) is 14.4. The summed E-state index contributed by atoms with van der Waals surface area (Å²) in [6.45, 7) is 1.42. The van der Waals surface area contributed by atoms with Crippen molar-refractivity contribution in [2.24, 2.45) is 0 Å². The zero-order valence-corrected chi connectivity index (χ0v) is 15.2. The van der Waals surface area contributed by atoms with Gasteiger partial charge in [0.05, 0.1) is 12.0 Å². The predicted octanol–water partition coefficient (Wildman–Crippen LogP) is 3.83. The van der Waals surface area contributed by atoms with Gasteiger partial charge in [0.2, 0.25) is 11.8 Å². The summed E-state index contributed by atoms with van der Waals surface area (Å²) >= 11 is 1.48. The molecule has 0 bridgehead atoms. The molecular formula is C19H19N3O3S. The Morgan fingerprint density at radius 2 is 1.96 bits per heavy atom. The lowest BCUT2D eigenvalue weighted by Gasteiger charge is -2.30. The van der Waals surface area contributed by atoms with Crippen molar-refractivity contribution in [3.63, 3.8) is 0 Å². The Bertz CT molecular complexity index is 866. The van der Waals surface area contributed by atoms with Gasteiger partial charge in [-0.15, -0.1) is 21.5 Å². The number of carbonyl (C=O) groups excluding carboxylic acids is 1. The van der Waals surface area contributed by atoms with Gasteiger partial charge >= 0.3 is 0 Å². The molecule has 0 saturated carbocycles. The molecule has 0 atom stereocenters. The van der Waals surface area contributed by atoms with Gasteiger partial charge in [0.15, 0.2) is 0 Å². The molecule has 0 spiro atoms. The van der Waals surface area contributed by atoms with Crippen LogP contribution in [-0.2, 0) is 0 Å². The van der Waals surface area contributed by atoms with Gasteiger partial charge in [0.1, 0.15) is 5.75 Å². The maximum atomic E-state index is 12.4. The summed E-state index contributed by atoms with van der Waals surface area (Å²) in [7, 11) is 1.63. The molecule has 134 valence electrons. The van der Waals surface area contributed by atoms with Gasteiger partial charge in [-0.1, -0.05) is 6.07 Å². The highest BCUT2D eigenvalue weighted by Crippen LogP contribution is 2.30. The molecule has 1 aliphatic rings. The Balaban J connectivity index is 1.40. The SMILES string of the molecule is COc1ccc(-c2nnc(C3CCN(C(=O)c4cccs4)CC3)o2)cc1. The van der Waals surface area contributed by atoms with Crippen LogP contribution in [0.3, 0.4) is 0 Å². The molecule has 1 saturated heterocycles. The lowest BCUT2D eigenvalue weighted by Crippen LogP contribution is -2.37. The molecule has 0 N–H and O–H groups in total. The second kappa shape index (κ2) is 7.29. The number of hydrogen-bond acceptors (Lipinski definition) is 6. The fourth-order valence-corrected chi connectivity index (χ4v) is 3.83. The van der Waals surface area contributed by atoms with E-state index in [1.807, 2.05) is 46.7 Å². The molecule has 4 rings (SSSR count). The Morgan fingerprint density at radius 1 is 1.19 bits per heavy atom. The smallest absolute Gasteiger partial charge is 0.263 e. The van der Waals surface area contributed by atoms with E-state index in [9.17, 15) is 4.79 Å². The molecule has 1 aliphatic heterocycles. The molecule has 1 aromatic carbocycles. The van der Waals surface area contributed by atoms with Crippen molar-refractivity contribution < 1.29 is 13.9 Å². The lowest BCUT2D eigenvalue weighted by molar-refractivity contribution is 0.0711. The largest absolute Gasteiger partial charge is 0.497 e. The summed E-state index contributed by atoms with van der Waals surface area (Å²) in [5.74, 6) is 2.26. The predicted molar refractivity (Wildman–Crippen MR) is 98.5 cm³/mol. The van der Waals surface area contributed by atoms with Gasteiger partial charge in [-0.2, -0.15) is 0 Å². The monoisotopic (exact) mass is 369 g/mol. The van der Waals surface area contributed by atoms with Crippen molar-refractivity contribution in [2.75, 3.05) is 20.2 Å². The van der Waals surface area contributed by atoms with Gasteiger partial charge in [-0.25, -0.2) is 0 Å². The molecule has 0 radical (unpaired) electrons. The maximum absolute atomic E-state index is 12.4. The first-order valence-electron chi connectivity index (χ1n) is 8.55. The van der Waals surface area contributed by atoms with Crippen LogP contribution in [0.5, 0.6) is 5.75 Å². The van der Waals surface area contributed by atoms with Crippen LogP contribution in [0.15, 0.2) is 46.2 Å². The van der Waals surface area contributed by atoms with E-state index in [1.54, 1.807) is 7.11 Å². The molecule has 2 aromatic heterocycles. The van der Waals surface area contributed by atoms with Crippen LogP contribution >= 0.6 is 11.3 Å². The number of piperidine rings is 1. The van der Waals surface area contributed by atoms with Crippen molar-refractivity contribution >= 4 is 17.2 Å². The Hall–Kier alpha value is -2.67. The van der Waals surface area contributed by atoms with Crippen molar-refractivity contribution in [3.05, 3.63) is 52.5 Å². The molecule has 1 amide bonds. The molecule has 0 unspecified atom stereocenters. The maximum Gasteiger partial charge on any atom is 0.263 e. The first-order chi connectivity index (χ1) is 12.7. The first-order valence-corrected chi connectivity index (χ1v) is 9.43. The van der Waals surface area contributed by atoms with Crippen molar-refractivity contribution in [1.29, 1.82) is 0 Å². The minimum absolute atomic E-state index is 0.114. The number of methoxy groups -OCH3 is 1. The Kier molecular flexibility index (Phi) is 4.71. The highest BCUT2D eigenvalue weighted by molar-refractivity contribution is 7.12. The zero-order chi connectivity index (χ0) is 17.9. The summed E-state index contributed by atoms with van der Waals surface area (Å²) < 4.78 is 11.0. The van der Waals surface area contributed by atoms with E-state index in [1.165, 1.54) is 11.3 Å². The number of ether oxygens (including phenoxy) is 1. The second-order valence-electron chi connectivity index (χ2n) is 6.22. The average Bonchev–Trinajstić information content (AvgIpc) is 3.40. The number of aromatic nitrogens is 2. The third kappa shape index (κ3) is 3.35. The van der Waals surface area contributed by atoms with Crippen molar-refractivity contribution in [3.8, 4) is 17.2 Å². The van der Waals surface area contributed by atoms with Crippen LogP contribution in [0.25, 0.3) is 11.5 Å². The summed E-state index contributed by atoms with van der Waals surface area (Å²) in [6.07, 6.45) is 1.67. The topological polar surface area (TPSA) is 68.5 Å². The van der Waals surface area contributed by atoms with Gasteiger partial charge in [-0.05, 0) is 48.6 Å². The third-order valence-corrected chi connectivity index (χ3v) is 5.50. The second-order valence-corrected chi connectivity index (χ2v) is 7.17. The Morgan fingerprint density at radius 3 is 2.62 bits per heavy atom. The van der Waals surface area contributed by atoms with Gasteiger partial charge in [0, 0.05) is 24.6 Å². The van der Waals surface area contributed by atoms with Crippen LogP contribution in [0.4, 0.5) is 0 Å². The van der Waals surface area contributed by atoms with Crippen LogP contribution in [-0.4, -0.2) is 41.2 Å². The summed E-state index contributed by atoms with van der Waals surface area (Å²) in [5.41, 5.74) is 0.870. The highest BCUT2D eigenvalue weighted by atomic mass is 32.1. The normalized spacial score (nSPS) is 15.2. The number of carbonyl (C=O) groups is 1. The van der Waals surface area contributed by atoms with Crippen LogP contribution in [0, 0.1) is 0 Å². The first kappa shape index (κ1) is 16.8. The fraction of sp³-hybridized carbons (Fsp3) is 0.316. The molecule has 1 fully saturated rings. The standard InChI is InChI=1S/C19H19N3O3S/c1-24-15-6-4-13(5-7-15)17-20-21-18(25-17)14-8-10-22(11-9-14)19(23)16-3-2-12-26-16/h2-7,12,14H,8-11H2,1H3. The van der Waals surface area contributed by atoms with Crippen molar-refractivity contribution in [2.45, 2.75) is 18.8 Å². The van der Waals surface area contributed by atoms with E-state index in [-0.39, 0.29) is 11.8 Å². The van der Waals surface area contributed by atoms with Gasteiger partial charge in [-0.3, -0.25) is 4.79 Å². The van der Waals surface area contributed by atoms with E-state index in [2.05, 4.69) is 10.2 Å². The lowest BCUT2D eigenvalue weighted by atomic mass is 9.97. The van der Waals surface area contributed by atoms with Crippen molar-refractivity contribution in [1.82, 2.24) is 15.1 Å². The third-order valence-electron chi connectivity index (χ3n) is 4.64. The molecule has 6 nitrogen and oxygen atoms in total. The number of hydrogen-bond donors (Lipinski definition) is 0. The quantitative estimate of drug-likeness (QED) is 0.699. The average molecular weight is 369 g/mol. The minimum atomic E-state index is 0.114. The number of rotatable bonds is 4. The number of likely N-dealkylation sites (tertiary alicyclic amines) is 1. The van der Waals surface area contributed by atoms with E-state index in [4.69, 9.17) is 9.15 Å². The number of thiophene rings is 1. The molecule has 3 aromatic rings. The summed E-state index contributed by atoms with van der Waals surface area (Å²) in [5, 5.41) is 10.3. The van der Waals surface area contributed by atoms with Crippen LogP contribution in [0.2, 0.25) is 0 Å². The number of amides is 1. The van der Waals surface area contributed by atoms with E-state index >= 15 is 0 Å². The van der Waals surface area contributed by atoms with Gasteiger partial charge < -0.3 is 14.1 Å². The molecule has 26 heavy (non-hydrogen) atoms. The van der Waals surface area contributed by atoms with Gasteiger partial charge in [0.25, 0.3) is 5.91 Å². The molecular weight excluding hydrogens is 350 g/mol. The van der Waals surface area contributed by atoms with E-state index < -0.39 is 0 Å². The van der Waals surface area contributed by atoms with E-state index in [0.29, 0.717) is 24.9 Å².